The van der Waals surface area contributed by atoms with Crippen LogP contribution in [0, 0.1) is 5.82 Å². The highest BCUT2D eigenvalue weighted by Crippen LogP contribution is 2.33. The van der Waals surface area contributed by atoms with Gasteiger partial charge in [-0.15, -0.1) is 0 Å². The van der Waals surface area contributed by atoms with Gasteiger partial charge in [0.2, 0.25) is 0 Å². The number of hydrogen-bond donors (Lipinski definition) is 4. The maximum atomic E-state index is 13.4. The van der Waals surface area contributed by atoms with Crippen molar-refractivity contribution in [2.24, 2.45) is 0 Å². The molecule has 35 heavy (non-hydrogen) atoms. The zero-order valence-electron chi connectivity index (χ0n) is 18.8. The summed E-state index contributed by atoms with van der Waals surface area (Å²) in [5, 5.41) is 30.4. The zero-order valence-corrected chi connectivity index (χ0v) is 19.6. The van der Waals surface area contributed by atoms with Crippen LogP contribution in [0.15, 0.2) is 72.9 Å². The molecule has 0 radical (unpaired) electrons. The van der Waals surface area contributed by atoms with Crippen molar-refractivity contribution in [3.63, 3.8) is 0 Å². The largest absolute Gasteiger partial charge is 0.394 e. The standard InChI is InChI=1S/C26H24ClFN4O3/c1-15(20-7-2-3-12-29-20)25(23(34)14-33)30-26(35)18-5-4-6-19(27)24(18)22-13-21(31-32-22)16-8-10-17(28)11-9-16/h2-13,15,23,25,33-34H,14H2,1H3,(H,30,35)(H,31,32)/t15?,23-,25-/m1/s1. The molecule has 2 aromatic heterocycles. The molecule has 9 heteroatoms. The first-order valence-electron chi connectivity index (χ1n) is 11.0. The van der Waals surface area contributed by atoms with Gasteiger partial charge in [0.25, 0.3) is 5.91 Å². The van der Waals surface area contributed by atoms with Gasteiger partial charge >= 0.3 is 0 Å². The molecule has 180 valence electrons. The van der Waals surface area contributed by atoms with E-state index in [1.54, 1.807) is 54.7 Å². The van der Waals surface area contributed by atoms with Crippen molar-refractivity contribution >= 4 is 17.5 Å². The normalized spacial score (nSPS) is 13.7. The lowest BCUT2D eigenvalue weighted by Gasteiger charge is -2.28. The number of aliphatic hydroxyl groups excluding tert-OH is 2. The minimum absolute atomic E-state index is 0.248. The number of aliphatic hydroxyl groups is 2. The monoisotopic (exact) mass is 494 g/mol. The quantitative estimate of drug-likeness (QED) is 0.293. The number of hydrogen-bond acceptors (Lipinski definition) is 5. The first-order valence-corrected chi connectivity index (χ1v) is 11.4. The molecular formula is C26H24ClFN4O3. The number of amides is 1. The third kappa shape index (κ3) is 5.40. The molecule has 4 rings (SSSR count). The minimum atomic E-state index is -1.21. The average Bonchev–Trinajstić information content (AvgIpc) is 3.36. The highest BCUT2D eigenvalue weighted by molar-refractivity contribution is 6.34. The molecule has 0 aliphatic rings. The lowest BCUT2D eigenvalue weighted by molar-refractivity contribution is 0.0504. The highest BCUT2D eigenvalue weighted by atomic mass is 35.5. The van der Waals surface area contributed by atoms with Gasteiger partial charge in [-0.3, -0.25) is 14.9 Å². The number of benzene rings is 2. The molecule has 0 saturated heterocycles. The van der Waals surface area contributed by atoms with Crippen molar-refractivity contribution in [1.82, 2.24) is 20.5 Å². The van der Waals surface area contributed by atoms with Gasteiger partial charge in [0.05, 0.1) is 40.7 Å². The number of carbonyl (C=O) groups excluding carboxylic acids is 1. The van der Waals surface area contributed by atoms with E-state index in [0.29, 0.717) is 27.7 Å². The number of carbonyl (C=O) groups is 1. The van der Waals surface area contributed by atoms with Crippen LogP contribution in [0.25, 0.3) is 22.5 Å². The van der Waals surface area contributed by atoms with Gasteiger partial charge in [-0.2, -0.15) is 5.10 Å². The molecule has 4 aromatic rings. The summed E-state index contributed by atoms with van der Waals surface area (Å²) in [5.74, 6) is -1.23. The summed E-state index contributed by atoms with van der Waals surface area (Å²) in [5.41, 5.74) is 3.09. The third-order valence-corrected chi connectivity index (χ3v) is 6.15. The maximum Gasteiger partial charge on any atom is 0.252 e. The Morgan fingerprint density at radius 2 is 1.91 bits per heavy atom. The van der Waals surface area contributed by atoms with E-state index in [1.165, 1.54) is 12.1 Å². The third-order valence-electron chi connectivity index (χ3n) is 5.84. The predicted molar refractivity (Wildman–Crippen MR) is 131 cm³/mol. The topological polar surface area (TPSA) is 111 Å². The summed E-state index contributed by atoms with van der Waals surface area (Å²) >= 11 is 6.49. The Hall–Kier alpha value is -3.59. The smallest absolute Gasteiger partial charge is 0.252 e. The van der Waals surface area contributed by atoms with Crippen molar-refractivity contribution in [3.8, 4) is 22.5 Å². The molecule has 7 nitrogen and oxygen atoms in total. The summed E-state index contributed by atoms with van der Waals surface area (Å²) in [4.78, 5) is 17.7. The second-order valence-corrected chi connectivity index (χ2v) is 8.54. The number of pyridine rings is 1. The number of aromatic nitrogens is 3. The SMILES string of the molecule is CC(c1ccccn1)[C@@H](NC(=O)c1cccc(Cl)c1-c1cc(-c2ccc(F)cc2)[nH]n1)[C@H](O)CO. The van der Waals surface area contributed by atoms with Crippen LogP contribution in [0.5, 0.6) is 0 Å². The molecule has 3 atom stereocenters. The van der Waals surface area contributed by atoms with E-state index < -0.39 is 24.7 Å². The van der Waals surface area contributed by atoms with Gasteiger partial charge in [0.1, 0.15) is 5.82 Å². The summed E-state index contributed by atoms with van der Waals surface area (Å²) in [6.45, 7) is 1.28. The van der Waals surface area contributed by atoms with E-state index in [2.05, 4.69) is 20.5 Å². The van der Waals surface area contributed by atoms with Crippen molar-refractivity contribution in [1.29, 1.82) is 0 Å². The number of aromatic amines is 1. The van der Waals surface area contributed by atoms with E-state index >= 15 is 0 Å². The van der Waals surface area contributed by atoms with Crippen molar-refractivity contribution < 1.29 is 19.4 Å². The molecule has 1 amide bonds. The molecule has 0 saturated carbocycles. The van der Waals surface area contributed by atoms with Crippen molar-refractivity contribution in [2.45, 2.75) is 25.0 Å². The molecular weight excluding hydrogens is 471 g/mol. The van der Waals surface area contributed by atoms with Crippen LogP contribution >= 0.6 is 11.6 Å². The second kappa shape index (κ2) is 10.8. The lowest BCUT2D eigenvalue weighted by atomic mass is 9.92. The summed E-state index contributed by atoms with van der Waals surface area (Å²) < 4.78 is 13.3. The molecule has 0 bridgehead atoms. The lowest BCUT2D eigenvalue weighted by Crippen LogP contribution is -2.48. The predicted octanol–water partition coefficient (Wildman–Crippen LogP) is 4.19. The summed E-state index contributed by atoms with van der Waals surface area (Å²) in [7, 11) is 0. The molecule has 0 spiro atoms. The van der Waals surface area contributed by atoms with Gasteiger partial charge in [-0.05, 0) is 60.2 Å². The van der Waals surface area contributed by atoms with Gasteiger partial charge in [0.15, 0.2) is 0 Å². The summed E-state index contributed by atoms with van der Waals surface area (Å²) in [6.07, 6.45) is 0.413. The molecule has 1 unspecified atom stereocenters. The van der Waals surface area contributed by atoms with E-state index in [4.69, 9.17) is 11.6 Å². The van der Waals surface area contributed by atoms with Crippen LogP contribution in [-0.4, -0.2) is 50.1 Å². The number of rotatable bonds is 8. The van der Waals surface area contributed by atoms with Crippen molar-refractivity contribution in [3.05, 3.63) is 95.0 Å². The van der Waals surface area contributed by atoms with E-state index in [-0.39, 0.29) is 17.3 Å². The van der Waals surface area contributed by atoms with Gasteiger partial charge in [-0.25, -0.2) is 4.39 Å². The number of nitrogens with zero attached hydrogens (tertiary/aromatic N) is 2. The Bertz CT molecular complexity index is 1300. The fourth-order valence-electron chi connectivity index (χ4n) is 3.93. The van der Waals surface area contributed by atoms with Crippen LogP contribution in [0.4, 0.5) is 4.39 Å². The van der Waals surface area contributed by atoms with Crippen molar-refractivity contribution in [2.75, 3.05) is 6.61 Å². The Morgan fingerprint density at radius 3 is 2.60 bits per heavy atom. The number of halogens is 2. The first-order chi connectivity index (χ1) is 16.9. The highest BCUT2D eigenvalue weighted by Gasteiger charge is 2.30. The fourth-order valence-corrected chi connectivity index (χ4v) is 4.20. The Labute approximate surface area is 206 Å². The zero-order chi connectivity index (χ0) is 24.9. The molecule has 4 N–H and O–H groups in total. The molecule has 2 aromatic carbocycles. The first kappa shape index (κ1) is 24.5. The van der Waals surface area contributed by atoms with Gasteiger partial charge < -0.3 is 15.5 Å². The van der Waals surface area contributed by atoms with E-state index in [0.717, 1.165) is 5.56 Å². The van der Waals surface area contributed by atoms with Crippen LogP contribution in [0.1, 0.15) is 28.9 Å². The van der Waals surface area contributed by atoms with Crippen LogP contribution in [0.2, 0.25) is 5.02 Å². The average molecular weight is 495 g/mol. The van der Waals surface area contributed by atoms with Crippen LogP contribution in [-0.2, 0) is 0 Å². The Morgan fingerprint density at radius 1 is 1.14 bits per heavy atom. The minimum Gasteiger partial charge on any atom is -0.394 e. The van der Waals surface area contributed by atoms with Crippen LogP contribution in [0.3, 0.4) is 0 Å². The number of nitrogens with one attached hydrogen (secondary N) is 2. The van der Waals surface area contributed by atoms with Crippen LogP contribution < -0.4 is 5.32 Å². The maximum absolute atomic E-state index is 13.4. The van der Waals surface area contributed by atoms with Gasteiger partial charge in [0, 0.05) is 23.4 Å². The molecule has 0 fully saturated rings. The van der Waals surface area contributed by atoms with Gasteiger partial charge in [-0.1, -0.05) is 30.7 Å². The Kier molecular flexibility index (Phi) is 7.55. The molecule has 0 aliphatic carbocycles. The molecule has 0 aliphatic heterocycles. The summed E-state index contributed by atoms with van der Waals surface area (Å²) in [6, 6.07) is 17.1. The second-order valence-electron chi connectivity index (χ2n) is 8.13. The molecule has 2 heterocycles. The van der Waals surface area contributed by atoms with E-state index in [9.17, 15) is 19.4 Å². The fraction of sp³-hybridized carbons (Fsp3) is 0.192. The Balaban J connectivity index is 1.66. The van der Waals surface area contributed by atoms with E-state index in [1.807, 2.05) is 13.0 Å². The number of H-pyrrole nitrogens is 1.